The Morgan fingerprint density at radius 2 is 1.87 bits per heavy atom. The van der Waals surface area contributed by atoms with Gasteiger partial charge in [0.15, 0.2) is 5.82 Å². The lowest BCUT2D eigenvalue weighted by molar-refractivity contribution is -0.122. The van der Waals surface area contributed by atoms with Gasteiger partial charge in [-0.2, -0.15) is 5.26 Å². The molecule has 170 valence electrons. The number of nitrogens with one attached hydrogen (secondary N) is 1. The summed E-state index contributed by atoms with van der Waals surface area (Å²) in [6.45, 7) is 4.12. The molecule has 31 heavy (non-hydrogen) atoms. The number of nitrogens with zero attached hydrogens (tertiary/aromatic N) is 3. The number of benzene rings is 1. The Morgan fingerprint density at radius 1 is 1.16 bits per heavy atom. The standard InChI is InChI=1S/C23H31ClF2N4O/c24-22-19(25)8-9-20(23(22)26)30-15-13-29(14-16-30)12-10-17-4-6-18(7-5-17)28-21(31)3-1-2-11-27/h8-9,17-18H,1-7,10,12-16H2,(H,28,31)/t17-,18-. The average molecular weight is 453 g/mol. The highest BCUT2D eigenvalue weighted by Gasteiger charge is 2.25. The van der Waals surface area contributed by atoms with Gasteiger partial charge < -0.3 is 10.2 Å². The minimum Gasteiger partial charge on any atom is -0.367 e. The van der Waals surface area contributed by atoms with Crippen LogP contribution in [0.3, 0.4) is 0 Å². The van der Waals surface area contributed by atoms with Crippen LogP contribution in [0.1, 0.15) is 51.4 Å². The molecule has 2 aliphatic rings. The quantitative estimate of drug-likeness (QED) is 0.466. The largest absolute Gasteiger partial charge is 0.367 e. The number of halogens is 3. The Labute approximate surface area is 188 Å². The number of unbranched alkanes of at least 4 members (excludes halogenated alkanes) is 1. The van der Waals surface area contributed by atoms with Gasteiger partial charge in [-0.3, -0.25) is 9.69 Å². The number of carbonyl (C=O) groups excluding carboxylic acids is 1. The number of hydrogen-bond donors (Lipinski definition) is 1. The fraction of sp³-hybridized carbons (Fsp3) is 0.652. The Bertz CT molecular complexity index is 785. The van der Waals surface area contributed by atoms with Crippen molar-refractivity contribution in [2.45, 2.75) is 57.4 Å². The predicted molar refractivity (Wildman–Crippen MR) is 118 cm³/mol. The lowest BCUT2D eigenvalue weighted by Gasteiger charge is -2.37. The van der Waals surface area contributed by atoms with Gasteiger partial charge in [0.05, 0.1) is 11.8 Å². The van der Waals surface area contributed by atoms with E-state index in [0.717, 1.165) is 51.7 Å². The molecule has 5 nitrogen and oxygen atoms in total. The lowest BCUT2D eigenvalue weighted by atomic mass is 9.84. The van der Waals surface area contributed by atoms with Gasteiger partial charge in [-0.15, -0.1) is 0 Å². The Balaban J connectivity index is 1.33. The molecule has 1 aliphatic heterocycles. The lowest BCUT2D eigenvalue weighted by Crippen LogP contribution is -2.47. The number of amides is 1. The van der Waals surface area contributed by atoms with E-state index in [0.29, 0.717) is 44.0 Å². The maximum atomic E-state index is 14.3. The Kier molecular flexibility index (Phi) is 8.91. The minimum atomic E-state index is -0.727. The van der Waals surface area contributed by atoms with Crippen molar-refractivity contribution in [2.24, 2.45) is 5.92 Å². The van der Waals surface area contributed by atoms with E-state index < -0.39 is 16.7 Å². The molecule has 1 amide bonds. The summed E-state index contributed by atoms with van der Waals surface area (Å²) in [6.07, 6.45) is 6.94. The van der Waals surface area contributed by atoms with Crippen LogP contribution in [0.25, 0.3) is 0 Å². The third-order valence-corrected chi connectivity index (χ3v) is 6.83. The highest BCUT2D eigenvalue weighted by atomic mass is 35.5. The Morgan fingerprint density at radius 3 is 2.55 bits per heavy atom. The maximum Gasteiger partial charge on any atom is 0.220 e. The molecule has 0 bridgehead atoms. The van der Waals surface area contributed by atoms with Crippen LogP contribution < -0.4 is 10.2 Å². The second-order valence-electron chi connectivity index (χ2n) is 8.61. The van der Waals surface area contributed by atoms with Crippen LogP contribution >= 0.6 is 11.6 Å². The van der Waals surface area contributed by atoms with Gasteiger partial charge in [-0.05, 0) is 63.1 Å². The molecule has 2 fully saturated rings. The summed E-state index contributed by atoms with van der Waals surface area (Å²) in [5.41, 5.74) is 0.374. The van der Waals surface area contributed by atoms with E-state index in [1.165, 1.54) is 12.1 Å². The molecule has 1 N–H and O–H groups in total. The number of nitriles is 1. The van der Waals surface area contributed by atoms with Gasteiger partial charge in [0.25, 0.3) is 0 Å². The number of carbonyl (C=O) groups is 1. The van der Waals surface area contributed by atoms with Crippen LogP contribution in [-0.4, -0.2) is 49.6 Å². The molecule has 1 heterocycles. The van der Waals surface area contributed by atoms with Gasteiger partial charge in [0.1, 0.15) is 10.8 Å². The van der Waals surface area contributed by atoms with Crippen molar-refractivity contribution >= 4 is 23.2 Å². The number of rotatable bonds is 8. The van der Waals surface area contributed by atoms with Crippen molar-refractivity contribution in [3.63, 3.8) is 0 Å². The van der Waals surface area contributed by atoms with E-state index in [1.807, 2.05) is 4.90 Å². The fourth-order valence-corrected chi connectivity index (χ4v) is 4.72. The third kappa shape index (κ3) is 6.78. The topological polar surface area (TPSA) is 59.4 Å². The molecule has 0 atom stereocenters. The summed E-state index contributed by atoms with van der Waals surface area (Å²) in [5, 5.41) is 11.2. The first kappa shape index (κ1) is 23.7. The van der Waals surface area contributed by atoms with E-state index in [4.69, 9.17) is 16.9 Å². The first-order valence-corrected chi connectivity index (χ1v) is 11.6. The molecule has 1 aliphatic carbocycles. The molecule has 8 heteroatoms. The van der Waals surface area contributed by atoms with E-state index >= 15 is 0 Å². The molecule has 0 spiro atoms. The van der Waals surface area contributed by atoms with Crippen molar-refractivity contribution in [3.05, 3.63) is 28.8 Å². The van der Waals surface area contributed by atoms with Gasteiger partial charge in [-0.25, -0.2) is 8.78 Å². The summed E-state index contributed by atoms with van der Waals surface area (Å²) in [6, 6.07) is 5.02. The van der Waals surface area contributed by atoms with Crippen LogP contribution in [0.15, 0.2) is 12.1 Å². The van der Waals surface area contributed by atoms with Crippen LogP contribution in [0, 0.1) is 28.9 Å². The second-order valence-corrected chi connectivity index (χ2v) is 8.99. The zero-order valence-corrected chi connectivity index (χ0v) is 18.6. The number of piperazine rings is 1. The van der Waals surface area contributed by atoms with Crippen LogP contribution in [-0.2, 0) is 4.79 Å². The molecule has 3 rings (SSSR count). The molecule has 0 aromatic heterocycles. The number of anilines is 1. The molecule has 1 saturated heterocycles. The first-order chi connectivity index (χ1) is 15.0. The van der Waals surface area contributed by atoms with E-state index in [9.17, 15) is 13.6 Å². The zero-order valence-electron chi connectivity index (χ0n) is 17.9. The minimum absolute atomic E-state index is 0.0652. The molecule has 0 radical (unpaired) electrons. The normalized spacial score (nSPS) is 22.2. The van der Waals surface area contributed by atoms with Crippen molar-refractivity contribution in [3.8, 4) is 6.07 Å². The van der Waals surface area contributed by atoms with Gasteiger partial charge in [-0.1, -0.05) is 11.6 Å². The van der Waals surface area contributed by atoms with E-state index in [2.05, 4.69) is 16.3 Å². The molecule has 0 unspecified atom stereocenters. The molecule has 1 aromatic rings. The summed E-state index contributed by atoms with van der Waals surface area (Å²) in [7, 11) is 0. The second kappa shape index (κ2) is 11.6. The maximum absolute atomic E-state index is 14.3. The first-order valence-electron chi connectivity index (χ1n) is 11.2. The van der Waals surface area contributed by atoms with Crippen molar-refractivity contribution < 1.29 is 13.6 Å². The van der Waals surface area contributed by atoms with Crippen LogP contribution in [0.4, 0.5) is 14.5 Å². The average Bonchev–Trinajstić information content (AvgIpc) is 2.78. The summed E-state index contributed by atoms with van der Waals surface area (Å²) in [5.74, 6) is -0.660. The van der Waals surface area contributed by atoms with Crippen molar-refractivity contribution in [1.82, 2.24) is 10.2 Å². The molecule has 1 saturated carbocycles. The summed E-state index contributed by atoms with van der Waals surface area (Å²) < 4.78 is 27.6. The number of hydrogen-bond acceptors (Lipinski definition) is 4. The smallest absolute Gasteiger partial charge is 0.220 e. The SMILES string of the molecule is N#CCCCC(=O)N[C@H]1CC[C@H](CCN2CCN(c3ccc(F)c(Cl)c3F)CC2)CC1. The predicted octanol–water partition coefficient (Wildman–Crippen LogP) is 4.50. The zero-order chi connectivity index (χ0) is 22.2. The van der Waals surface area contributed by atoms with Gasteiger partial charge in [0, 0.05) is 45.1 Å². The third-order valence-electron chi connectivity index (χ3n) is 6.49. The summed E-state index contributed by atoms with van der Waals surface area (Å²) in [4.78, 5) is 16.2. The summed E-state index contributed by atoms with van der Waals surface area (Å²) >= 11 is 5.71. The monoisotopic (exact) mass is 452 g/mol. The highest BCUT2D eigenvalue weighted by molar-refractivity contribution is 6.31. The Hall–Kier alpha value is -1.91. The molecular formula is C23H31ClF2N4O. The molecular weight excluding hydrogens is 422 g/mol. The van der Waals surface area contributed by atoms with Crippen molar-refractivity contribution in [2.75, 3.05) is 37.6 Å². The van der Waals surface area contributed by atoms with Crippen LogP contribution in [0.5, 0.6) is 0 Å². The van der Waals surface area contributed by atoms with Gasteiger partial charge >= 0.3 is 0 Å². The fourth-order valence-electron chi connectivity index (χ4n) is 4.56. The molecule has 1 aromatic carbocycles. The highest BCUT2D eigenvalue weighted by Crippen LogP contribution is 2.30. The van der Waals surface area contributed by atoms with E-state index in [1.54, 1.807) is 0 Å². The van der Waals surface area contributed by atoms with Gasteiger partial charge in [0.2, 0.25) is 5.91 Å². The van der Waals surface area contributed by atoms with Crippen molar-refractivity contribution in [1.29, 1.82) is 5.26 Å². The van der Waals surface area contributed by atoms with E-state index in [-0.39, 0.29) is 11.9 Å². The van der Waals surface area contributed by atoms with Crippen LogP contribution in [0.2, 0.25) is 5.02 Å².